The number of ether oxygens (including phenoxy) is 2. The number of hydrogen-bond acceptors (Lipinski definition) is 4. The highest BCUT2D eigenvalue weighted by molar-refractivity contribution is 14.0. The van der Waals surface area contributed by atoms with Crippen molar-refractivity contribution in [2.24, 2.45) is 16.3 Å². The van der Waals surface area contributed by atoms with Crippen LogP contribution in [-0.4, -0.2) is 56.5 Å². The number of rotatable bonds is 4. The van der Waals surface area contributed by atoms with E-state index in [0.717, 1.165) is 19.0 Å². The summed E-state index contributed by atoms with van der Waals surface area (Å²) in [6.07, 6.45) is 5.01. The summed E-state index contributed by atoms with van der Waals surface area (Å²) in [5, 5.41) is 9.64. The highest BCUT2D eigenvalue weighted by atomic mass is 127. The summed E-state index contributed by atoms with van der Waals surface area (Å²) in [7, 11) is 1.78. The molecule has 2 aliphatic carbocycles. The van der Waals surface area contributed by atoms with E-state index in [4.69, 9.17) is 9.47 Å². The lowest BCUT2D eigenvalue weighted by molar-refractivity contribution is -0.171. The molecule has 1 saturated heterocycles. The van der Waals surface area contributed by atoms with Gasteiger partial charge in [0.15, 0.2) is 5.96 Å². The maximum absolute atomic E-state index is 11.6. The second-order valence-corrected chi connectivity index (χ2v) is 8.38. The van der Waals surface area contributed by atoms with Gasteiger partial charge in [-0.2, -0.15) is 0 Å². The Bertz CT molecular complexity index is 531. The van der Waals surface area contributed by atoms with E-state index >= 15 is 0 Å². The molecular formula is C18H33IN4O3. The number of amides is 1. The van der Waals surface area contributed by atoms with E-state index in [-0.39, 0.29) is 24.0 Å². The second-order valence-electron chi connectivity index (χ2n) is 8.38. The molecule has 0 aromatic heterocycles. The zero-order chi connectivity index (χ0) is 18.1. The van der Waals surface area contributed by atoms with E-state index in [2.05, 4.69) is 20.9 Å². The number of carbonyl (C=O) groups excluding carboxylic acids is 1. The Kier molecular flexibility index (Phi) is 7.04. The summed E-state index contributed by atoms with van der Waals surface area (Å²) in [5.41, 5.74) is -0.149. The molecule has 0 bridgehead atoms. The van der Waals surface area contributed by atoms with Crippen LogP contribution in [0.3, 0.4) is 0 Å². The van der Waals surface area contributed by atoms with E-state index in [9.17, 15) is 4.79 Å². The Hall–Kier alpha value is -0.770. The summed E-state index contributed by atoms with van der Waals surface area (Å²) in [6, 6.07) is 0.457. The molecule has 8 heteroatoms. The van der Waals surface area contributed by atoms with Gasteiger partial charge < -0.3 is 25.4 Å². The Morgan fingerprint density at radius 1 is 1.27 bits per heavy atom. The zero-order valence-corrected chi connectivity index (χ0v) is 18.6. The predicted octanol–water partition coefficient (Wildman–Crippen LogP) is 2.25. The quantitative estimate of drug-likeness (QED) is 0.249. The van der Waals surface area contributed by atoms with Crippen molar-refractivity contribution in [3.8, 4) is 0 Å². The largest absolute Gasteiger partial charge is 0.444 e. The van der Waals surface area contributed by atoms with Gasteiger partial charge in [-0.15, -0.1) is 24.0 Å². The molecule has 2 saturated carbocycles. The molecule has 1 aliphatic heterocycles. The molecule has 1 heterocycles. The minimum atomic E-state index is -0.476. The monoisotopic (exact) mass is 480 g/mol. The maximum atomic E-state index is 11.6. The van der Waals surface area contributed by atoms with E-state index in [1.54, 1.807) is 7.05 Å². The van der Waals surface area contributed by atoms with Crippen molar-refractivity contribution >= 4 is 36.0 Å². The summed E-state index contributed by atoms with van der Waals surface area (Å²) >= 11 is 0. The molecular weight excluding hydrogens is 447 g/mol. The zero-order valence-electron chi connectivity index (χ0n) is 16.3. The van der Waals surface area contributed by atoms with Gasteiger partial charge in [-0.25, -0.2) is 4.79 Å². The lowest BCUT2D eigenvalue weighted by Crippen LogP contribution is -2.72. The molecule has 7 nitrogen and oxygen atoms in total. The van der Waals surface area contributed by atoms with Gasteiger partial charge in [0.05, 0.1) is 6.10 Å². The van der Waals surface area contributed by atoms with Crippen LogP contribution in [0.15, 0.2) is 4.99 Å². The Morgan fingerprint density at radius 3 is 2.54 bits per heavy atom. The first kappa shape index (κ1) is 21.5. The van der Waals surface area contributed by atoms with Gasteiger partial charge in [-0.05, 0) is 40.0 Å². The molecule has 3 rings (SSSR count). The van der Waals surface area contributed by atoms with Crippen molar-refractivity contribution in [1.29, 1.82) is 0 Å². The molecule has 0 aromatic carbocycles. The maximum Gasteiger partial charge on any atom is 0.407 e. The van der Waals surface area contributed by atoms with Gasteiger partial charge in [-0.1, -0.05) is 6.42 Å². The number of alkyl carbamates (subject to hydrolysis) is 1. The van der Waals surface area contributed by atoms with Crippen molar-refractivity contribution in [1.82, 2.24) is 16.0 Å². The number of carbonyl (C=O) groups is 1. The standard InChI is InChI=1S/C18H32N4O3.HI/c1-17(2,3)25-16(23)21-10-9-20-15(19-4)22-13-12-6-11-24-14(12)18(13)7-5-8-18;/h12-14H,5-11H2,1-4H3,(H,21,23)(H2,19,20,22);1H. The van der Waals surface area contributed by atoms with E-state index in [0.29, 0.717) is 36.6 Å². The number of aliphatic imine (C=N–C) groups is 1. The molecule has 1 amide bonds. The molecule has 3 atom stereocenters. The molecule has 3 unspecified atom stereocenters. The lowest BCUT2D eigenvalue weighted by atomic mass is 9.46. The molecule has 150 valence electrons. The van der Waals surface area contributed by atoms with E-state index < -0.39 is 11.7 Å². The number of nitrogens with zero attached hydrogens (tertiary/aromatic N) is 1. The van der Waals surface area contributed by atoms with Crippen LogP contribution in [-0.2, 0) is 9.47 Å². The topological polar surface area (TPSA) is 84.0 Å². The number of hydrogen-bond donors (Lipinski definition) is 3. The highest BCUT2D eigenvalue weighted by Gasteiger charge is 2.66. The van der Waals surface area contributed by atoms with Gasteiger partial charge in [0, 0.05) is 44.1 Å². The minimum absolute atomic E-state index is 0. The predicted molar refractivity (Wildman–Crippen MR) is 112 cm³/mol. The van der Waals surface area contributed by atoms with E-state index in [1.165, 1.54) is 19.3 Å². The summed E-state index contributed by atoms with van der Waals surface area (Å²) in [6.45, 7) is 7.54. The van der Waals surface area contributed by atoms with Gasteiger partial charge in [0.25, 0.3) is 0 Å². The fraction of sp³-hybridized carbons (Fsp3) is 0.889. The normalized spacial score (nSPS) is 28.9. The molecule has 3 fully saturated rings. The van der Waals surface area contributed by atoms with Gasteiger partial charge in [-0.3, -0.25) is 4.99 Å². The number of halogens is 1. The third-order valence-electron chi connectivity index (χ3n) is 5.64. The molecule has 26 heavy (non-hydrogen) atoms. The van der Waals surface area contributed by atoms with Crippen molar-refractivity contribution in [3.63, 3.8) is 0 Å². The summed E-state index contributed by atoms with van der Waals surface area (Å²) in [4.78, 5) is 16.0. The Balaban J connectivity index is 0.00000243. The molecule has 3 aliphatic rings. The van der Waals surface area contributed by atoms with Gasteiger partial charge in [0.1, 0.15) is 5.60 Å². The molecule has 0 radical (unpaired) electrons. The molecule has 0 aromatic rings. The Labute approximate surface area is 173 Å². The first-order chi connectivity index (χ1) is 11.9. The number of nitrogens with one attached hydrogen (secondary N) is 3. The van der Waals surface area contributed by atoms with Crippen molar-refractivity contribution < 1.29 is 14.3 Å². The van der Waals surface area contributed by atoms with Crippen LogP contribution in [0, 0.1) is 11.3 Å². The van der Waals surface area contributed by atoms with Crippen molar-refractivity contribution in [2.75, 3.05) is 26.7 Å². The summed E-state index contributed by atoms with van der Waals surface area (Å²) in [5.74, 6) is 1.41. The lowest BCUT2D eigenvalue weighted by Gasteiger charge is -2.63. The van der Waals surface area contributed by atoms with Crippen LogP contribution in [0.2, 0.25) is 0 Å². The van der Waals surface area contributed by atoms with Crippen LogP contribution in [0.5, 0.6) is 0 Å². The van der Waals surface area contributed by atoms with Crippen LogP contribution in [0.1, 0.15) is 46.5 Å². The average Bonchev–Trinajstić information content (AvgIpc) is 2.88. The van der Waals surface area contributed by atoms with Crippen LogP contribution >= 0.6 is 24.0 Å². The van der Waals surface area contributed by atoms with Crippen LogP contribution in [0.25, 0.3) is 0 Å². The van der Waals surface area contributed by atoms with Crippen molar-refractivity contribution in [3.05, 3.63) is 0 Å². The summed E-state index contributed by atoms with van der Waals surface area (Å²) < 4.78 is 11.2. The van der Waals surface area contributed by atoms with E-state index in [1.807, 2.05) is 20.8 Å². The van der Waals surface area contributed by atoms with Crippen LogP contribution in [0.4, 0.5) is 4.79 Å². The number of guanidine groups is 1. The third kappa shape index (κ3) is 4.37. The first-order valence-corrected chi connectivity index (χ1v) is 9.41. The van der Waals surface area contributed by atoms with Crippen molar-refractivity contribution in [2.45, 2.75) is 64.2 Å². The fourth-order valence-corrected chi connectivity index (χ4v) is 4.46. The first-order valence-electron chi connectivity index (χ1n) is 9.41. The number of fused-ring (bicyclic) bond motifs is 2. The van der Waals surface area contributed by atoms with Crippen LogP contribution < -0.4 is 16.0 Å². The Morgan fingerprint density at radius 2 is 1.96 bits per heavy atom. The SMILES string of the molecule is CN=C(NCCNC(=O)OC(C)(C)C)NC1C2CCOC2C12CCC2.I. The smallest absolute Gasteiger partial charge is 0.407 e. The minimum Gasteiger partial charge on any atom is -0.444 e. The van der Waals surface area contributed by atoms with Gasteiger partial charge >= 0.3 is 6.09 Å². The average molecular weight is 480 g/mol. The molecule has 1 spiro atoms. The van der Waals surface area contributed by atoms with Gasteiger partial charge in [0.2, 0.25) is 0 Å². The second kappa shape index (κ2) is 8.50. The fourth-order valence-electron chi connectivity index (χ4n) is 4.46. The highest BCUT2D eigenvalue weighted by Crippen LogP contribution is 2.62. The third-order valence-corrected chi connectivity index (χ3v) is 5.64. The molecule has 3 N–H and O–H groups in total.